The molecule has 5 heteroatoms. The van der Waals surface area contributed by atoms with Crippen molar-refractivity contribution in [2.75, 3.05) is 32.2 Å². The van der Waals surface area contributed by atoms with Gasteiger partial charge in [0.15, 0.2) is 18.0 Å². The Balaban J connectivity index is 1.81. The molecular formula is C23H29N2O3+. The van der Waals surface area contributed by atoms with Gasteiger partial charge in [-0.25, -0.2) is 9.48 Å². The summed E-state index contributed by atoms with van der Waals surface area (Å²) in [6, 6.07) is 14.2. The highest BCUT2D eigenvalue weighted by Gasteiger charge is 2.52. The van der Waals surface area contributed by atoms with Crippen LogP contribution in [0.25, 0.3) is 0 Å². The zero-order valence-corrected chi connectivity index (χ0v) is 16.9. The fourth-order valence-corrected chi connectivity index (χ4v) is 4.44. The second kappa shape index (κ2) is 7.47. The lowest BCUT2D eigenvalue weighted by atomic mass is 10.0. The van der Waals surface area contributed by atoms with Crippen LogP contribution in [0.5, 0.6) is 11.5 Å². The number of amidine groups is 1. The second-order valence-electron chi connectivity index (χ2n) is 7.69. The third-order valence-electron chi connectivity index (χ3n) is 5.89. The molecule has 2 aliphatic rings. The van der Waals surface area contributed by atoms with E-state index in [1.165, 1.54) is 17.8 Å². The van der Waals surface area contributed by atoms with Gasteiger partial charge in [-0.05, 0) is 62.1 Å². The number of aliphatic hydroxyl groups is 1. The van der Waals surface area contributed by atoms with E-state index in [0.29, 0.717) is 18.0 Å². The molecule has 0 radical (unpaired) electrons. The summed E-state index contributed by atoms with van der Waals surface area (Å²) in [6.07, 6.45) is 4.39. The summed E-state index contributed by atoms with van der Waals surface area (Å²) in [6.45, 7) is 3.46. The van der Waals surface area contributed by atoms with Crippen LogP contribution in [-0.2, 0) is 5.72 Å². The van der Waals surface area contributed by atoms with Crippen LogP contribution < -0.4 is 14.4 Å². The molecule has 4 rings (SSSR count). The lowest BCUT2D eigenvalue weighted by Crippen LogP contribution is -2.41. The van der Waals surface area contributed by atoms with E-state index in [1.807, 2.05) is 18.2 Å². The van der Waals surface area contributed by atoms with Crippen molar-refractivity contribution in [3.63, 3.8) is 0 Å². The minimum Gasteiger partial charge on any atom is -0.493 e. The average molecular weight is 381 g/mol. The summed E-state index contributed by atoms with van der Waals surface area (Å²) in [4.78, 5) is 2.29. The molecule has 0 aliphatic carbocycles. The number of β-amino-alcohol motifs (C(OH)–C–C–N with tert-alkyl or cyclic N) is 1. The van der Waals surface area contributed by atoms with Gasteiger partial charge in [-0.3, -0.25) is 0 Å². The van der Waals surface area contributed by atoms with Crippen molar-refractivity contribution in [1.82, 2.24) is 0 Å². The number of rotatable bonds is 4. The van der Waals surface area contributed by atoms with Gasteiger partial charge in [0.05, 0.1) is 20.8 Å². The molecule has 0 bridgehead atoms. The second-order valence-corrected chi connectivity index (χ2v) is 7.69. The van der Waals surface area contributed by atoms with Crippen LogP contribution in [-0.4, -0.2) is 42.8 Å². The SMILES string of the molecule is COc1ccc([C@]2(O)CN(c3cccc(C)c3)C3=[N+]2CCCCC3)cc1OC. The summed E-state index contributed by atoms with van der Waals surface area (Å²) in [5.74, 6) is 2.52. The number of hydrogen-bond donors (Lipinski definition) is 1. The quantitative estimate of drug-likeness (QED) is 0.821. The smallest absolute Gasteiger partial charge is 0.271 e. The fourth-order valence-electron chi connectivity index (χ4n) is 4.44. The molecule has 2 aromatic rings. The summed E-state index contributed by atoms with van der Waals surface area (Å²) in [7, 11) is 3.25. The molecule has 0 saturated heterocycles. The van der Waals surface area contributed by atoms with E-state index >= 15 is 0 Å². The molecule has 1 atom stereocenters. The van der Waals surface area contributed by atoms with Crippen LogP contribution in [0.15, 0.2) is 42.5 Å². The Morgan fingerprint density at radius 1 is 1.00 bits per heavy atom. The first-order valence-corrected chi connectivity index (χ1v) is 9.99. The number of methoxy groups -OCH3 is 2. The van der Waals surface area contributed by atoms with Crippen molar-refractivity contribution in [2.24, 2.45) is 0 Å². The van der Waals surface area contributed by atoms with Crippen molar-refractivity contribution in [1.29, 1.82) is 0 Å². The van der Waals surface area contributed by atoms with Crippen LogP contribution in [0, 0.1) is 6.92 Å². The van der Waals surface area contributed by atoms with Crippen LogP contribution in [0.3, 0.4) is 0 Å². The first kappa shape index (κ1) is 18.8. The molecule has 0 saturated carbocycles. The van der Waals surface area contributed by atoms with Gasteiger partial charge in [0.1, 0.15) is 5.69 Å². The number of anilines is 1. The number of nitrogens with zero attached hydrogens (tertiary/aromatic N) is 2. The predicted molar refractivity (Wildman–Crippen MR) is 111 cm³/mol. The average Bonchev–Trinajstić information content (AvgIpc) is 2.86. The molecule has 2 aliphatic heterocycles. The normalized spacial score (nSPS) is 22.1. The lowest BCUT2D eigenvalue weighted by molar-refractivity contribution is -0.658. The zero-order valence-electron chi connectivity index (χ0n) is 16.9. The molecular weight excluding hydrogens is 352 g/mol. The van der Waals surface area contributed by atoms with E-state index < -0.39 is 5.72 Å². The summed E-state index contributed by atoms with van der Waals surface area (Å²) < 4.78 is 13.1. The largest absolute Gasteiger partial charge is 0.493 e. The molecule has 0 unspecified atom stereocenters. The van der Waals surface area contributed by atoms with Gasteiger partial charge in [0.25, 0.3) is 11.6 Å². The summed E-state index contributed by atoms with van der Waals surface area (Å²) in [5, 5.41) is 11.9. The van der Waals surface area contributed by atoms with Crippen LogP contribution in [0.1, 0.15) is 36.8 Å². The zero-order chi connectivity index (χ0) is 19.7. The number of hydrogen-bond acceptors (Lipinski definition) is 4. The van der Waals surface area contributed by atoms with Gasteiger partial charge >= 0.3 is 0 Å². The summed E-state index contributed by atoms with van der Waals surface area (Å²) >= 11 is 0. The predicted octanol–water partition coefficient (Wildman–Crippen LogP) is 3.66. The Bertz CT molecular complexity index is 908. The van der Waals surface area contributed by atoms with Gasteiger partial charge < -0.3 is 14.6 Å². The molecule has 0 aromatic heterocycles. The standard InChI is InChI=1S/C23H29N2O3/c1-17-8-7-9-19(14-17)24-16-23(26,25-13-6-4-5-10-22(24)25)18-11-12-20(27-2)21(15-18)28-3/h7-9,11-12,14-15,26H,4-6,10,13,16H2,1-3H3/q+1/t23-/m1/s1. The van der Waals surface area contributed by atoms with Crippen molar-refractivity contribution in [3.05, 3.63) is 53.6 Å². The third-order valence-corrected chi connectivity index (χ3v) is 5.89. The van der Waals surface area contributed by atoms with Gasteiger partial charge in [0.2, 0.25) is 0 Å². The maximum atomic E-state index is 11.9. The highest BCUT2D eigenvalue weighted by atomic mass is 16.5. The van der Waals surface area contributed by atoms with E-state index in [4.69, 9.17) is 9.47 Å². The molecule has 1 N–H and O–H groups in total. The Labute approximate surface area is 166 Å². The van der Waals surface area contributed by atoms with Crippen LogP contribution in [0.2, 0.25) is 0 Å². The van der Waals surface area contributed by atoms with E-state index in [0.717, 1.165) is 37.1 Å². The molecule has 2 heterocycles. The summed E-state index contributed by atoms with van der Waals surface area (Å²) in [5.41, 5.74) is 2.10. The maximum Gasteiger partial charge on any atom is 0.271 e. The molecule has 5 nitrogen and oxygen atoms in total. The minimum atomic E-state index is -1.09. The molecule has 2 aromatic carbocycles. The van der Waals surface area contributed by atoms with Gasteiger partial charge in [-0.2, -0.15) is 0 Å². The maximum absolute atomic E-state index is 11.9. The highest BCUT2D eigenvalue weighted by molar-refractivity contribution is 5.96. The van der Waals surface area contributed by atoms with E-state index in [9.17, 15) is 5.11 Å². The molecule has 0 spiro atoms. The number of aryl methyl sites for hydroxylation is 1. The van der Waals surface area contributed by atoms with Crippen molar-refractivity contribution < 1.29 is 19.2 Å². The Morgan fingerprint density at radius 3 is 2.57 bits per heavy atom. The highest BCUT2D eigenvalue weighted by Crippen LogP contribution is 2.38. The van der Waals surface area contributed by atoms with Gasteiger partial charge in [0, 0.05) is 12.0 Å². The minimum absolute atomic E-state index is 0.501. The Hall–Kier alpha value is -2.53. The molecule has 148 valence electrons. The fraction of sp³-hybridized carbons (Fsp3) is 0.435. The van der Waals surface area contributed by atoms with Crippen molar-refractivity contribution >= 4 is 11.5 Å². The van der Waals surface area contributed by atoms with E-state index in [2.05, 4.69) is 40.7 Å². The van der Waals surface area contributed by atoms with E-state index in [1.54, 1.807) is 14.2 Å². The monoisotopic (exact) mass is 381 g/mol. The van der Waals surface area contributed by atoms with Gasteiger partial charge in [-0.15, -0.1) is 0 Å². The van der Waals surface area contributed by atoms with Crippen LogP contribution in [0.4, 0.5) is 5.69 Å². The van der Waals surface area contributed by atoms with E-state index in [-0.39, 0.29) is 0 Å². The molecule has 0 amide bonds. The Morgan fingerprint density at radius 2 is 1.82 bits per heavy atom. The number of ether oxygens (including phenoxy) is 2. The number of benzene rings is 2. The first-order valence-electron chi connectivity index (χ1n) is 9.99. The molecule has 28 heavy (non-hydrogen) atoms. The van der Waals surface area contributed by atoms with Crippen LogP contribution >= 0.6 is 0 Å². The van der Waals surface area contributed by atoms with Crippen molar-refractivity contribution in [3.8, 4) is 11.5 Å². The Kier molecular flexibility index (Phi) is 5.02. The van der Waals surface area contributed by atoms with Crippen molar-refractivity contribution in [2.45, 2.75) is 38.3 Å². The lowest BCUT2D eigenvalue weighted by Gasteiger charge is -2.24. The first-order chi connectivity index (χ1) is 13.6. The van der Waals surface area contributed by atoms with Gasteiger partial charge in [-0.1, -0.05) is 12.1 Å². The third kappa shape index (κ3) is 3.14. The topological polar surface area (TPSA) is 44.9 Å². The molecule has 0 fully saturated rings.